The molecule has 1 atom stereocenters. The smallest absolute Gasteiger partial charge is 0.248 e. The molecule has 1 aliphatic rings. The van der Waals surface area contributed by atoms with Crippen LogP contribution in [0.1, 0.15) is 46.0 Å². The van der Waals surface area contributed by atoms with Gasteiger partial charge in [0.25, 0.3) is 0 Å². The zero-order valence-corrected chi connectivity index (χ0v) is 11.3. The summed E-state index contributed by atoms with van der Waals surface area (Å²) in [4.78, 5) is 11.6. The summed E-state index contributed by atoms with van der Waals surface area (Å²) in [7, 11) is 2.01. The first-order valence-corrected chi connectivity index (χ1v) is 6.77. The number of carbonyl (C=O) groups excluding carboxylic acids is 1. The fourth-order valence-electron chi connectivity index (χ4n) is 2.23. The highest BCUT2D eigenvalue weighted by atomic mass is 16.5. The van der Waals surface area contributed by atoms with E-state index < -0.39 is 0 Å². The van der Waals surface area contributed by atoms with Crippen molar-refractivity contribution in [3.05, 3.63) is 0 Å². The molecule has 0 saturated heterocycles. The van der Waals surface area contributed by atoms with E-state index in [1.54, 1.807) is 0 Å². The van der Waals surface area contributed by atoms with Gasteiger partial charge in [0.15, 0.2) is 0 Å². The van der Waals surface area contributed by atoms with Crippen LogP contribution in [0.25, 0.3) is 0 Å². The molecule has 0 aromatic rings. The highest BCUT2D eigenvalue weighted by Crippen LogP contribution is 2.22. The molecule has 4 nitrogen and oxygen atoms in total. The van der Waals surface area contributed by atoms with Crippen LogP contribution in [0.5, 0.6) is 0 Å². The van der Waals surface area contributed by atoms with Crippen LogP contribution in [0.15, 0.2) is 0 Å². The predicted octanol–water partition coefficient (Wildman–Crippen LogP) is 1.45. The molecule has 1 rings (SSSR count). The Morgan fingerprint density at radius 3 is 2.53 bits per heavy atom. The van der Waals surface area contributed by atoms with Gasteiger partial charge in [-0.15, -0.1) is 0 Å². The Balaban J connectivity index is 2.22. The third-order valence-corrected chi connectivity index (χ3v) is 3.40. The van der Waals surface area contributed by atoms with Gasteiger partial charge in [0, 0.05) is 12.6 Å². The molecule has 1 aliphatic carbocycles. The summed E-state index contributed by atoms with van der Waals surface area (Å²) in [6.07, 6.45) is 5.29. The second-order valence-electron chi connectivity index (χ2n) is 4.83. The Hall–Kier alpha value is -0.610. The number of carbonyl (C=O) groups is 1. The van der Waals surface area contributed by atoms with Gasteiger partial charge in [0.1, 0.15) is 6.10 Å². The van der Waals surface area contributed by atoms with Crippen LogP contribution in [-0.2, 0) is 9.53 Å². The maximum absolute atomic E-state index is 11.6. The summed E-state index contributed by atoms with van der Waals surface area (Å²) >= 11 is 0. The second kappa shape index (κ2) is 7.67. The topological polar surface area (TPSA) is 50.4 Å². The van der Waals surface area contributed by atoms with Crippen molar-refractivity contribution in [2.45, 2.75) is 64.2 Å². The van der Waals surface area contributed by atoms with Gasteiger partial charge in [-0.2, -0.15) is 0 Å². The van der Waals surface area contributed by atoms with Crippen molar-refractivity contribution in [1.82, 2.24) is 10.6 Å². The molecule has 0 bridgehead atoms. The van der Waals surface area contributed by atoms with Gasteiger partial charge in [-0.25, -0.2) is 0 Å². The first-order valence-electron chi connectivity index (χ1n) is 6.77. The molecule has 0 aromatic heterocycles. The standard InChI is InChI=1S/C13H26N2O2/c1-4-9-15-13(16)10(2)17-12-7-5-11(14-3)6-8-12/h10-12,14H,4-9H2,1-3H3,(H,15,16). The first kappa shape index (κ1) is 14.5. The van der Waals surface area contributed by atoms with Crippen LogP contribution in [0.3, 0.4) is 0 Å². The van der Waals surface area contributed by atoms with Crippen LogP contribution < -0.4 is 10.6 Å². The van der Waals surface area contributed by atoms with Gasteiger partial charge < -0.3 is 15.4 Å². The van der Waals surface area contributed by atoms with E-state index in [-0.39, 0.29) is 18.1 Å². The number of rotatable bonds is 6. The maximum atomic E-state index is 11.6. The largest absolute Gasteiger partial charge is 0.365 e. The molecule has 1 unspecified atom stereocenters. The molecule has 100 valence electrons. The highest BCUT2D eigenvalue weighted by Gasteiger charge is 2.24. The van der Waals surface area contributed by atoms with Gasteiger partial charge in [-0.1, -0.05) is 6.92 Å². The van der Waals surface area contributed by atoms with E-state index in [1.165, 1.54) is 0 Å². The van der Waals surface area contributed by atoms with E-state index in [2.05, 4.69) is 10.6 Å². The minimum atomic E-state index is -0.322. The zero-order valence-electron chi connectivity index (χ0n) is 11.3. The summed E-state index contributed by atoms with van der Waals surface area (Å²) in [6.45, 7) is 4.62. The molecule has 0 heterocycles. The summed E-state index contributed by atoms with van der Waals surface area (Å²) in [5.41, 5.74) is 0. The number of nitrogens with one attached hydrogen (secondary N) is 2. The number of hydrogen-bond acceptors (Lipinski definition) is 3. The second-order valence-corrected chi connectivity index (χ2v) is 4.83. The average Bonchev–Trinajstić information content (AvgIpc) is 2.36. The number of hydrogen-bond donors (Lipinski definition) is 2. The molecule has 17 heavy (non-hydrogen) atoms. The summed E-state index contributed by atoms with van der Waals surface area (Å²) in [5, 5.41) is 6.16. The fraction of sp³-hybridized carbons (Fsp3) is 0.923. The summed E-state index contributed by atoms with van der Waals surface area (Å²) < 4.78 is 5.80. The average molecular weight is 242 g/mol. The van der Waals surface area contributed by atoms with Crippen molar-refractivity contribution in [2.75, 3.05) is 13.6 Å². The van der Waals surface area contributed by atoms with E-state index in [9.17, 15) is 4.79 Å². The molecule has 1 fully saturated rings. The van der Waals surface area contributed by atoms with Crippen LogP contribution in [0, 0.1) is 0 Å². The van der Waals surface area contributed by atoms with Crippen molar-refractivity contribution in [3.8, 4) is 0 Å². The van der Waals surface area contributed by atoms with Crippen molar-refractivity contribution >= 4 is 5.91 Å². The third kappa shape index (κ3) is 5.04. The molecule has 0 spiro atoms. The monoisotopic (exact) mass is 242 g/mol. The lowest BCUT2D eigenvalue weighted by atomic mass is 9.93. The first-order chi connectivity index (χ1) is 8.17. The molecule has 0 aliphatic heterocycles. The van der Waals surface area contributed by atoms with Gasteiger partial charge in [0.05, 0.1) is 6.10 Å². The van der Waals surface area contributed by atoms with Gasteiger partial charge >= 0.3 is 0 Å². The van der Waals surface area contributed by atoms with E-state index in [0.29, 0.717) is 6.04 Å². The Bertz CT molecular complexity index is 225. The lowest BCUT2D eigenvalue weighted by molar-refractivity contribution is -0.136. The minimum Gasteiger partial charge on any atom is -0.365 e. The number of ether oxygens (including phenoxy) is 1. The van der Waals surface area contributed by atoms with Gasteiger partial charge in [-0.3, -0.25) is 4.79 Å². The lowest BCUT2D eigenvalue weighted by Crippen LogP contribution is -2.39. The molecular weight excluding hydrogens is 216 g/mol. The van der Waals surface area contributed by atoms with Crippen molar-refractivity contribution in [1.29, 1.82) is 0 Å². The predicted molar refractivity (Wildman–Crippen MR) is 69.0 cm³/mol. The van der Waals surface area contributed by atoms with Crippen molar-refractivity contribution in [2.24, 2.45) is 0 Å². The molecule has 1 saturated carbocycles. The van der Waals surface area contributed by atoms with E-state index in [1.807, 2.05) is 20.9 Å². The van der Waals surface area contributed by atoms with E-state index in [0.717, 1.165) is 38.6 Å². The van der Waals surface area contributed by atoms with Crippen molar-refractivity contribution in [3.63, 3.8) is 0 Å². The minimum absolute atomic E-state index is 0.0163. The van der Waals surface area contributed by atoms with Gasteiger partial charge in [-0.05, 0) is 46.1 Å². The Morgan fingerprint density at radius 1 is 1.35 bits per heavy atom. The molecule has 4 heteroatoms. The van der Waals surface area contributed by atoms with Gasteiger partial charge in [0.2, 0.25) is 5.91 Å². The summed E-state index contributed by atoms with van der Waals surface area (Å²) in [5.74, 6) is 0.0163. The van der Waals surface area contributed by atoms with Crippen LogP contribution in [0.2, 0.25) is 0 Å². The SMILES string of the molecule is CCCNC(=O)C(C)OC1CCC(NC)CC1. The van der Waals surface area contributed by atoms with Crippen molar-refractivity contribution < 1.29 is 9.53 Å². The van der Waals surface area contributed by atoms with Crippen LogP contribution in [0.4, 0.5) is 0 Å². The molecule has 0 radical (unpaired) electrons. The molecule has 0 aromatic carbocycles. The molecular formula is C13H26N2O2. The Labute approximate surface area is 104 Å². The number of amides is 1. The van der Waals surface area contributed by atoms with Crippen LogP contribution >= 0.6 is 0 Å². The Morgan fingerprint density at radius 2 is 2.00 bits per heavy atom. The fourth-order valence-corrected chi connectivity index (χ4v) is 2.23. The van der Waals surface area contributed by atoms with E-state index in [4.69, 9.17) is 4.74 Å². The Kier molecular flexibility index (Phi) is 6.52. The molecule has 1 amide bonds. The van der Waals surface area contributed by atoms with E-state index >= 15 is 0 Å². The highest BCUT2D eigenvalue weighted by molar-refractivity contribution is 5.80. The van der Waals surface area contributed by atoms with Crippen LogP contribution in [-0.4, -0.2) is 37.7 Å². The molecule has 2 N–H and O–H groups in total. The third-order valence-electron chi connectivity index (χ3n) is 3.40. The summed E-state index contributed by atoms with van der Waals surface area (Å²) in [6, 6.07) is 0.624. The zero-order chi connectivity index (χ0) is 12.7. The maximum Gasteiger partial charge on any atom is 0.248 e. The normalized spacial score (nSPS) is 26.5. The quantitative estimate of drug-likeness (QED) is 0.741. The lowest BCUT2D eigenvalue weighted by Gasteiger charge is -2.29.